The van der Waals surface area contributed by atoms with E-state index in [0.717, 1.165) is 22.6 Å². The van der Waals surface area contributed by atoms with Gasteiger partial charge >= 0.3 is 0 Å². The molecule has 6 nitrogen and oxygen atoms in total. The summed E-state index contributed by atoms with van der Waals surface area (Å²) < 4.78 is 32.8. The fraction of sp³-hybridized carbons (Fsp3) is 0.400. The molecule has 0 N–H and O–H groups in total. The first-order valence-corrected chi connectivity index (χ1v) is 8.79. The molecule has 0 spiro atoms. The number of ether oxygens (including phenoxy) is 6. The van der Waals surface area contributed by atoms with Gasteiger partial charge in [-0.25, -0.2) is 0 Å². The molecule has 0 atom stereocenters. The van der Waals surface area contributed by atoms with E-state index in [1.807, 2.05) is 48.5 Å². The molecule has 0 amide bonds. The van der Waals surface area contributed by atoms with Gasteiger partial charge < -0.3 is 28.4 Å². The van der Waals surface area contributed by atoms with Crippen LogP contribution in [0.5, 0.6) is 11.5 Å². The molecule has 138 valence electrons. The highest BCUT2D eigenvalue weighted by Crippen LogP contribution is 2.25. The zero-order valence-corrected chi connectivity index (χ0v) is 14.5. The van der Waals surface area contributed by atoms with Gasteiger partial charge in [0.1, 0.15) is 24.7 Å². The van der Waals surface area contributed by atoms with Gasteiger partial charge in [-0.05, 0) is 35.4 Å². The largest absolute Gasteiger partial charge is 0.488 e. The van der Waals surface area contributed by atoms with Crippen LogP contribution < -0.4 is 9.47 Å². The Morgan fingerprint density at radius 1 is 0.577 bits per heavy atom. The van der Waals surface area contributed by atoms with Crippen molar-refractivity contribution in [3.63, 3.8) is 0 Å². The van der Waals surface area contributed by atoms with E-state index in [1.54, 1.807) is 0 Å². The summed E-state index contributed by atoms with van der Waals surface area (Å²) in [6, 6.07) is 15.9. The van der Waals surface area contributed by atoms with Crippen LogP contribution in [0.2, 0.25) is 0 Å². The van der Waals surface area contributed by atoms with Crippen LogP contribution in [-0.2, 0) is 18.9 Å². The summed E-state index contributed by atoms with van der Waals surface area (Å²) in [5, 5.41) is 0. The monoisotopic (exact) mass is 358 g/mol. The third kappa shape index (κ3) is 4.53. The maximum Gasteiger partial charge on any atom is 0.191 e. The maximum atomic E-state index is 5.69. The highest BCUT2D eigenvalue weighted by molar-refractivity contribution is 5.64. The van der Waals surface area contributed by atoms with Crippen LogP contribution >= 0.6 is 0 Å². The molecule has 6 heteroatoms. The van der Waals surface area contributed by atoms with Crippen LogP contribution in [0.25, 0.3) is 11.1 Å². The van der Waals surface area contributed by atoms with Crippen molar-refractivity contribution in [3.8, 4) is 22.6 Å². The minimum atomic E-state index is -0.262. The Balaban J connectivity index is 1.30. The van der Waals surface area contributed by atoms with Crippen molar-refractivity contribution in [1.29, 1.82) is 0 Å². The van der Waals surface area contributed by atoms with Crippen molar-refractivity contribution in [2.45, 2.75) is 12.6 Å². The number of benzene rings is 2. The third-order valence-electron chi connectivity index (χ3n) is 4.20. The summed E-state index contributed by atoms with van der Waals surface area (Å²) in [6.07, 6.45) is -0.524. The molecule has 2 fully saturated rings. The molecule has 0 unspecified atom stereocenters. The van der Waals surface area contributed by atoms with Gasteiger partial charge in [-0.15, -0.1) is 0 Å². The fourth-order valence-corrected chi connectivity index (χ4v) is 2.82. The van der Waals surface area contributed by atoms with E-state index in [1.165, 1.54) is 0 Å². The topological polar surface area (TPSA) is 55.4 Å². The lowest BCUT2D eigenvalue weighted by Crippen LogP contribution is -2.18. The highest BCUT2D eigenvalue weighted by Gasteiger charge is 2.17. The van der Waals surface area contributed by atoms with Gasteiger partial charge in [0.25, 0.3) is 0 Å². The molecule has 26 heavy (non-hydrogen) atoms. The van der Waals surface area contributed by atoms with Crippen LogP contribution in [0.3, 0.4) is 0 Å². The summed E-state index contributed by atoms with van der Waals surface area (Å²) in [6.45, 7) is 3.33. The second-order valence-electron chi connectivity index (χ2n) is 6.01. The minimum Gasteiger partial charge on any atom is -0.488 e. The number of hydrogen-bond donors (Lipinski definition) is 0. The molecule has 0 aromatic heterocycles. The Morgan fingerprint density at radius 3 is 1.27 bits per heavy atom. The molecule has 0 radical (unpaired) electrons. The van der Waals surface area contributed by atoms with Crippen LogP contribution in [0.1, 0.15) is 0 Å². The van der Waals surface area contributed by atoms with Gasteiger partial charge in [0.2, 0.25) is 0 Å². The van der Waals surface area contributed by atoms with Crippen molar-refractivity contribution in [2.24, 2.45) is 0 Å². The predicted molar refractivity (Wildman–Crippen MR) is 94.3 cm³/mol. The van der Waals surface area contributed by atoms with E-state index in [2.05, 4.69) is 0 Å². The molecule has 4 rings (SSSR count). The van der Waals surface area contributed by atoms with E-state index >= 15 is 0 Å². The summed E-state index contributed by atoms with van der Waals surface area (Å²) >= 11 is 0. The van der Waals surface area contributed by atoms with E-state index in [4.69, 9.17) is 28.4 Å². The minimum absolute atomic E-state index is 0.262. The first-order valence-electron chi connectivity index (χ1n) is 8.79. The zero-order chi connectivity index (χ0) is 17.6. The number of hydrogen-bond acceptors (Lipinski definition) is 6. The second kappa shape index (κ2) is 8.51. The average Bonchev–Trinajstić information content (AvgIpc) is 3.40. The lowest BCUT2D eigenvalue weighted by atomic mass is 10.1. The van der Waals surface area contributed by atoms with Crippen LogP contribution in [-0.4, -0.2) is 52.2 Å². The summed E-state index contributed by atoms with van der Waals surface area (Å²) in [5.74, 6) is 1.59. The molecule has 2 aliphatic heterocycles. The van der Waals surface area contributed by atoms with Gasteiger partial charge in [-0.3, -0.25) is 0 Å². The van der Waals surface area contributed by atoms with E-state index in [-0.39, 0.29) is 12.6 Å². The lowest BCUT2D eigenvalue weighted by Gasteiger charge is -2.12. The predicted octanol–water partition coefficient (Wildman–Crippen LogP) is 2.86. The molecular weight excluding hydrogens is 336 g/mol. The SMILES string of the molecule is c1cc(-c2ccc(OCC3OCCO3)cc2)ccc1OCC1OCCO1. The fourth-order valence-electron chi connectivity index (χ4n) is 2.82. The smallest absolute Gasteiger partial charge is 0.191 e. The normalized spacial score (nSPS) is 18.3. The van der Waals surface area contributed by atoms with Crippen LogP contribution in [0.15, 0.2) is 48.5 Å². The summed E-state index contributed by atoms with van der Waals surface area (Å²) in [5.41, 5.74) is 2.22. The van der Waals surface area contributed by atoms with Gasteiger partial charge in [0.15, 0.2) is 12.6 Å². The molecular formula is C20H22O6. The third-order valence-corrected chi connectivity index (χ3v) is 4.20. The standard InChI is InChI=1S/C20H22O6/c1-5-17(25-13-19-21-9-10-22-19)6-2-15(1)16-3-7-18(8-4-16)26-14-20-23-11-12-24-20/h1-8,19-20H,9-14H2. The molecule has 2 aromatic carbocycles. The molecule has 2 aliphatic rings. The Bertz CT molecular complexity index is 611. The van der Waals surface area contributed by atoms with Gasteiger partial charge in [0, 0.05) is 0 Å². The van der Waals surface area contributed by atoms with Gasteiger partial charge in [0.05, 0.1) is 26.4 Å². The van der Waals surface area contributed by atoms with Crippen molar-refractivity contribution in [2.75, 3.05) is 39.6 Å². The zero-order valence-electron chi connectivity index (χ0n) is 14.5. The second-order valence-corrected chi connectivity index (χ2v) is 6.01. The maximum absolute atomic E-state index is 5.69. The first kappa shape index (κ1) is 17.3. The van der Waals surface area contributed by atoms with Gasteiger partial charge in [-0.1, -0.05) is 24.3 Å². The van der Waals surface area contributed by atoms with Crippen LogP contribution in [0.4, 0.5) is 0 Å². The molecule has 0 aliphatic carbocycles. The summed E-state index contributed by atoms with van der Waals surface area (Å²) in [7, 11) is 0. The molecule has 2 heterocycles. The van der Waals surface area contributed by atoms with Crippen molar-refractivity contribution in [3.05, 3.63) is 48.5 Å². The quantitative estimate of drug-likeness (QED) is 0.759. The Kier molecular flexibility index (Phi) is 5.66. The first-order chi connectivity index (χ1) is 12.9. The average molecular weight is 358 g/mol. The number of rotatable bonds is 7. The molecule has 2 saturated heterocycles. The summed E-state index contributed by atoms with van der Waals surface area (Å²) in [4.78, 5) is 0. The van der Waals surface area contributed by atoms with Crippen molar-refractivity contribution >= 4 is 0 Å². The molecule has 0 saturated carbocycles. The Hall–Kier alpha value is -2.12. The van der Waals surface area contributed by atoms with E-state index in [9.17, 15) is 0 Å². The molecule has 0 bridgehead atoms. The van der Waals surface area contributed by atoms with Crippen molar-refractivity contribution in [1.82, 2.24) is 0 Å². The lowest BCUT2D eigenvalue weighted by molar-refractivity contribution is -0.0685. The van der Waals surface area contributed by atoms with Crippen molar-refractivity contribution < 1.29 is 28.4 Å². The molecule has 2 aromatic rings. The van der Waals surface area contributed by atoms with Gasteiger partial charge in [-0.2, -0.15) is 0 Å². The Morgan fingerprint density at radius 2 is 0.923 bits per heavy atom. The van der Waals surface area contributed by atoms with Crippen LogP contribution in [0, 0.1) is 0 Å². The highest BCUT2D eigenvalue weighted by atomic mass is 16.7. The van der Waals surface area contributed by atoms with E-state index in [0.29, 0.717) is 39.6 Å². The Labute approximate surface area is 152 Å². The van der Waals surface area contributed by atoms with E-state index < -0.39 is 0 Å².